The minimum atomic E-state index is 0.202. The number of hydrogen-bond acceptors (Lipinski definition) is 3. The summed E-state index contributed by atoms with van der Waals surface area (Å²) in [5.74, 6) is 0. The average molecular weight is 224 g/mol. The lowest BCUT2D eigenvalue weighted by molar-refractivity contribution is -0.150. The van der Waals surface area contributed by atoms with Crippen molar-refractivity contribution < 1.29 is 4.74 Å². The fourth-order valence-electron chi connectivity index (χ4n) is 3.39. The van der Waals surface area contributed by atoms with Crippen molar-refractivity contribution in [3.8, 4) is 0 Å². The molecule has 3 nitrogen and oxygen atoms in total. The molecule has 16 heavy (non-hydrogen) atoms. The highest BCUT2D eigenvalue weighted by atomic mass is 16.5. The van der Waals surface area contributed by atoms with Gasteiger partial charge in [0, 0.05) is 25.7 Å². The van der Waals surface area contributed by atoms with E-state index in [9.17, 15) is 0 Å². The molecule has 2 saturated heterocycles. The molecule has 0 aromatic heterocycles. The molecule has 1 saturated carbocycles. The van der Waals surface area contributed by atoms with Crippen molar-refractivity contribution in [2.24, 2.45) is 5.73 Å². The third kappa shape index (κ3) is 2.13. The first-order chi connectivity index (χ1) is 7.81. The minimum absolute atomic E-state index is 0.202. The molecule has 1 unspecified atom stereocenters. The minimum Gasteiger partial charge on any atom is -0.370 e. The second kappa shape index (κ2) is 4.28. The first kappa shape index (κ1) is 11.0. The van der Waals surface area contributed by atoms with E-state index < -0.39 is 0 Å². The van der Waals surface area contributed by atoms with Gasteiger partial charge in [-0.3, -0.25) is 0 Å². The van der Waals surface area contributed by atoms with Crippen molar-refractivity contribution in [3.63, 3.8) is 0 Å². The third-order valence-corrected chi connectivity index (χ3v) is 4.61. The SMILES string of the molecule is NCC1CCCC2(CCN(C3CC3)CC2)O1. The van der Waals surface area contributed by atoms with Crippen LogP contribution in [-0.2, 0) is 4.74 Å². The molecule has 3 heteroatoms. The van der Waals surface area contributed by atoms with E-state index in [-0.39, 0.29) is 5.60 Å². The Morgan fingerprint density at radius 2 is 1.88 bits per heavy atom. The number of nitrogens with two attached hydrogens (primary N) is 1. The lowest BCUT2D eigenvalue weighted by Gasteiger charge is -2.46. The van der Waals surface area contributed by atoms with Crippen molar-refractivity contribution >= 4 is 0 Å². The van der Waals surface area contributed by atoms with Gasteiger partial charge in [-0.2, -0.15) is 0 Å². The molecule has 0 aromatic rings. The highest BCUT2D eigenvalue weighted by molar-refractivity contribution is 4.95. The lowest BCUT2D eigenvalue weighted by atomic mass is 9.83. The molecule has 2 aliphatic heterocycles. The largest absolute Gasteiger partial charge is 0.370 e. The Morgan fingerprint density at radius 1 is 1.12 bits per heavy atom. The van der Waals surface area contributed by atoms with Crippen LogP contribution in [0.2, 0.25) is 0 Å². The van der Waals surface area contributed by atoms with E-state index in [1.165, 1.54) is 58.0 Å². The van der Waals surface area contributed by atoms with Gasteiger partial charge in [0.2, 0.25) is 0 Å². The number of piperidine rings is 1. The van der Waals surface area contributed by atoms with E-state index >= 15 is 0 Å². The van der Waals surface area contributed by atoms with Crippen LogP contribution in [0.3, 0.4) is 0 Å². The first-order valence-corrected chi connectivity index (χ1v) is 6.93. The van der Waals surface area contributed by atoms with Gasteiger partial charge in [0.15, 0.2) is 0 Å². The molecule has 3 rings (SSSR count). The van der Waals surface area contributed by atoms with Crippen molar-refractivity contribution in [2.45, 2.75) is 62.7 Å². The van der Waals surface area contributed by atoms with Crippen LogP contribution < -0.4 is 5.73 Å². The highest BCUT2D eigenvalue weighted by Gasteiger charge is 2.42. The Labute approximate surface area is 98.3 Å². The zero-order valence-electron chi connectivity index (χ0n) is 10.2. The summed E-state index contributed by atoms with van der Waals surface area (Å²) in [6.07, 6.45) is 9.41. The summed E-state index contributed by atoms with van der Waals surface area (Å²) in [5.41, 5.74) is 5.95. The molecule has 92 valence electrons. The second-order valence-electron chi connectivity index (χ2n) is 5.82. The van der Waals surface area contributed by atoms with Gasteiger partial charge in [-0.25, -0.2) is 0 Å². The van der Waals surface area contributed by atoms with Crippen LogP contribution in [0.25, 0.3) is 0 Å². The summed E-state index contributed by atoms with van der Waals surface area (Å²) >= 11 is 0. The normalized spacial score (nSPS) is 35.4. The molecule has 1 spiro atoms. The molecular formula is C13H24N2O. The van der Waals surface area contributed by atoms with Crippen molar-refractivity contribution in [2.75, 3.05) is 19.6 Å². The standard InChI is InChI=1S/C13H24N2O/c14-10-12-2-1-5-13(16-12)6-8-15(9-7-13)11-3-4-11/h11-12H,1-10,14H2. The second-order valence-corrected chi connectivity index (χ2v) is 5.82. The molecular weight excluding hydrogens is 200 g/mol. The number of ether oxygens (including phenoxy) is 1. The molecule has 3 aliphatic rings. The summed E-state index contributed by atoms with van der Waals surface area (Å²) in [5, 5.41) is 0. The fourth-order valence-corrected chi connectivity index (χ4v) is 3.39. The van der Waals surface area contributed by atoms with Crippen LogP contribution in [0.1, 0.15) is 44.9 Å². The summed E-state index contributed by atoms with van der Waals surface area (Å²) in [6, 6.07) is 0.922. The van der Waals surface area contributed by atoms with Crippen molar-refractivity contribution in [1.29, 1.82) is 0 Å². The first-order valence-electron chi connectivity index (χ1n) is 6.93. The Morgan fingerprint density at radius 3 is 2.50 bits per heavy atom. The van der Waals surface area contributed by atoms with E-state index in [1.54, 1.807) is 0 Å². The summed E-state index contributed by atoms with van der Waals surface area (Å²) in [6.45, 7) is 3.21. The zero-order valence-corrected chi connectivity index (χ0v) is 10.2. The maximum Gasteiger partial charge on any atom is 0.0711 e. The molecule has 2 N–H and O–H groups in total. The lowest BCUT2D eigenvalue weighted by Crippen LogP contribution is -2.51. The topological polar surface area (TPSA) is 38.5 Å². The molecule has 0 radical (unpaired) electrons. The number of rotatable bonds is 2. The van der Waals surface area contributed by atoms with E-state index in [4.69, 9.17) is 10.5 Å². The smallest absolute Gasteiger partial charge is 0.0711 e. The van der Waals surface area contributed by atoms with Gasteiger partial charge in [0.25, 0.3) is 0 Å². The highest BCUT2D eigenvalue weighted by Crippen LogP contribution is 2.39. The fraction of sp³-hybridized carbons (Fsp3) is 1.00. The summed E-state index contributed by atoms with van der Waals surface area (Å²) in [4.78, 5) is 2.67. The molecule has 1 aliphatic carbocycles. The quantitative estimate of drug-likeness (QED) is 0.772. The zero-order chi connectivity index (χ0) is 11.0. The summed E-state index contributed by atoms with van der Waals surface area (Å²) < 4.78 is 6.26. The van der Waals surface area contributed by atoms with E-state index in [0.29, 0.717) is 12.6 Å². The predicted molar refractivity (Wildman–Crippen MR) is 64.3 cm³/mol. The molecule has 0 aromatic carbocycles. The molecule has 3 fully saturated rings. The van der Waals surface area contributed by atoms with E-state index in [1.807, 2.05) is 0 Å². The van der Waals surface area contributed by atoms with Gasteiger partial charge < -0.3 is 15.4 Å². The number of nitrogens with zero attached hydrogens (tertiary/aromatic N) is 1. The van der Waals surface area contributed by atoms with Crippen LogP contribution in [-0.4, -0.2) is 42.3 Å². The van der Waals surface area contributed by atoms with Crippen LogP contribution in [0.4, 0.5) is 0 Å². The maximum absolute atomic E-state index is 6.26. The Kier molecular flexibility index (Phi) is 2.94. The summed E-state index contributed by atoms with van der Waals surface area (Å²) in [7, 11) is 0. The molecule has 1 atom stereocenters. The Balaban J connectivity index is 1.57. The van der Waals surface area contributed by atoms with Gasteiger partial charge >= 0.3 is 0 Å². The van der Waals surface area contributed by atoms with Gasteiger partial charge in [0.05, 0.1) is 11.7 Å². The monoisotopic (exact) mass is 224 g/mol. The van der Waals surface area contributed by atoms with Gasteiger partial charge in [-0.15, -0.1) is 0 Å². The average Bonchev–Trinajstić information content (AvgIpc) is 3.14. The van der Waals surface area contributed by atoms with Crippen LogP contribution in [0, 0.1) is 0 Å². The Bertz CT molecular complexity index is 244. The van der Waals surface area contributed by atoms with Gasteiger partial charge in [-0.05, 0) is 44.9 Å². The number of likely N-dealkylation sites (tertiary alicyclic amines) is 1. The molecule has 0 amide bonds. The van der Waals surface area contributed by atoms with Crippen LogP contribution in [0.5, 0.6) is 0 Å². The van der Waals surface area contributed by atoms with Crippen molar-refractivity contribution in [3.05, 3.63) is 0 Å². The van der Waals surface area contributed by atoms with E-state index in [0.717, 1.165) is 6.04 Å². The van der Waals surface area contributed by atoms with Crippen molar-refractivity contribution in [1.82, 2.24) is 4.90 Å². The molecule has 0 bridgehead atoms. The van der Waals surface area contributed by atoms with Gasteiger partial charge in [0.1, 0.15) is 0 Å². The predicted octanol–water partition coefficient (Wildman–Crippen LogP) is 1.51. The third-order valence-electron chi connectivity index (χ3n) is 4.61. The Hall–Kier alpha value is -0.120. The maximum atomic E-state index is 6.26. The van der Waals surface area contributed by atoms with Gasteiger partial charge in [-0.1, -0.05) is 0 Å². The number of hydrogen-bond donors (Lipinski definition) is 1. The van der Waals surface area contributed by atoms with Crippen LogP contribution in [0.15, 0.2) is 0 Å². The van der Waals surface area contributed by atoms with E-state index in [2.05, 4.69) is 4.90 Å². The van der Waals surface area contributed by atoms with Crippen LogP contribution >= 0.6 is 0 Å². The molecule has 2 heterocycles.